The van der Waals surface area contributed by atoms with Gasteiger partial charge in [0.1, 0.15) is 6.04 Å². The third kappa shape index (κ3) is 5.38. The first kappa shape index (κ1) is 29.8. The second-order valence-corrected chi connectivity index (χ2v) is 12.7. The van der Waals surface area contributed by atoms with Crippen molar-refractivity contribution in [2.45, 2.75) is 88.3 Å². The van der Waals surface area contributed by atoms with Gasteiger partial charge in [-0.05, 0) is 43.9 Å². The summed E-state index contributed by atoms with van der Waals surface area (Å²) >= 11 is 1.65. The highest BCUT2D eigenvalue weighted by molar-refractivity contribution is 8.02. The number of ether oxygens (including phenoxy) is 1. The van der Waals surface area contributed by atoms with Crippen LogP contribution < -0.4 is 0 Å². The van der Waals surface area contributed by atoms with Crippen LogP contribution in [0.15, 0.2) is 25.3 Å². The Bertz CT molecular complexity index is 863. The summed E-state index contributed by atoms with van der Waals surface area (Å²) < 4.78 is 4.99. The molecule has 0 aromatic heterocycles. The van der Waals surface area contributed by atoms with E-state index in [1.54, 1.807) is 27.6 Å². The van der Waals surface area contributed by atoms with Crippen molar-refractivity contribution in [1.29, 1.82) is 0 Å². The maximum absolute atomic E-state index is 14.3. The van der Waals surface area contributed by atoms with Gasteiger partial charge in [-0.1, -0.05) is 46.3 Å². The van der Waals surface area contributed by atoms with Crippen LogP contribution >= 0.6 is 11.8 Å². The van der Waals surface area contributed by atoms with Crippen LogP contribution in [0.3, 0.4) is 0 Å². The summed E-state index contributed by atoms with van der Waals surface area (Å²) in [6, 6.07) is -1.22. The van der Waals surface area contributed by atoms with Crippen molar-refractivity contribution >= 4 is 29.5 Å². The van der Waals surface area contributed by atoms with Gasteiger partial charge >= 0.3 is 5.97 Å². The molecule has 0 saturated carbocycles. The first-order valence-corrected chi connectivity index (χ1v) is 14.9. The van der Waals surface area contributed by atoms with Gasteiger partial charge < -0.3 is 19.6 Å². The zero-order valence-corrected chi connectivity index (χ0v) is 23.9. The fraction of sp³-hybridized carbons (Fsp3) is 0.759. The minimum absolute atomic E-state index is 0.0443. The third-order valence-corrected chi connectivity index (χ3v) is 10.6. The van der Waals surface area contributed by atoms with Crippen LogP contribution in [0.1, 0.15) is 66.2 Å². The molecule has 3 saturated heterocycles. The van der Waals surface area contributed by atoms with Gasteiger partial charge in [-0.25, -0.2) is 0 Å². The topological polar surface area (TPSA) is 87.1 Å². The molecule has 8 heteroatoms. The highest BCUT2D eigenvalue weighted by Gasteiger charge is 2.77. The van der Waals surface area contributed by atoms with Gasteiger partial charge in [0.25, 0.3) is 0 Å². The fourth-order valence-electron chi connectivity index (χ4n) is 6.61. The van der Waals surface area contributed by atoms with Crippen molar-refractivity contribution in [3.8, 4) is 0 Å². The largest absolute Gasteiger partial charge is 0.465 e. The lowest BCUT2D eigenvalue weighted by Gasteiger charge is -2.42. The van der Waals surface area contributed by atoms with Crippen LogP contribution in [0.2, 0.25) is 0 Å². The zero-order chi connectivity index (χ0) is 27.3. The van der Waals surface area contributed by atoms with Gasteiger partial charge in [0, 0.05) is 18.3 Å². The second-order valence-electron chi connectivity index (χ2n) is 11.2. The molecule has 7 atom stereocenters. The Labute approximate surface area is 227 Å². The Morgan fingerprint density at radius 1 is 1.27 bits per heavy atom. The summed E-state index contributed by atoms with van der Waals surface area (Å²) in [6.07, 6.45) is 8.68. The molecule has 1 N–H and O–H groups in total. The average molecular weight is 535 g/mol. The van der Waals surface area contributed by atoms with Crippen LogP contribution in [-0.4, -0.2) is 81.1 Å². The maximum Gasteiger partial charge on any atom is 0.310 e. The number of allylic oxidation sites excluding steroid dienone is 1. The summed E-state index contributed by atoms with van der Waals surface area (Å²) in [4.78, 5) is 45.5. The van der Waals surface area contributed by atoms with Gasteiger partial charge in [-0.15, -0.1) is 24.9 Å². The number of likely N-dealkylation sites (tertiary alicyclic amines) is 1. The fourth-order valence-corrected chi connectivity index (χ4v) is 9.00. The number of esters is 1. The van der Waals surface area contributed by atoms with E-state index >= 15 is 0 Å². The summed E-state index contributed by atoms with van der Waals surface area (Å²) in [7, 11) is 0. The quantitative estimate of drug-likeness (QED) is 0.194. The van der Waals surface area contributed by atoms with Gasteiger partial charge in [-0.2, -0.15) is 0 Å². The van der Waals surface area contributed by atoms with Crippen LogP contribution in [0.25, 0.3) is 0 Å². The summed E-state index contributed by atoms with van der Waals surface area (Å²) in [5, 5.41) is 10.3. The molecule has 2 amide bonds. The Kier molecular flexibility index (Phi) is 10.3. The lowest BCUT2D eigenvalue weighted by Crippen LogP contribution is -2.60. The summed E-state index contributed by atoms with van der Waals surface area (Å²) in [5.41, 5.74) is 0. The number of carbonyl (C=O) groups excluding carboxylic acids is 3. The Morgan fingerprint density at radius 2 is 2.00 bits per heavy atom. The van der Waals surface area contributed by atoms with Crippen molar-refractivity contribution in [2.24, 2.45) is 23.7 Å². The molecular weight excluding hydrogens is 488 g/mol. The number of carbonyl (C=O) groups is 3. The highest BCUT2D eigenvalue weighted by Crippen LogP contribution is 2.69. The lowest BCUT2D eigenvalue weighted by atomic mass is 9.66. The van der Waals surface area contributed by atoms with Crippen LogP contribution in [-0.2, 0) is 19.1 Å². The van der Waals surface area contributed by atoms with E-state index in [1.165, 1.54) is 0 Å². The van der Waals surface area contributed by atoms with Crippen molar-refractivity contribution in [3.63, 3.8) is 0 Å². The number of unbranched alkanes of at least 4 members (excludes halogenated alkanes) is 3. The lowest BCUT2D eigenvalue weighted by molar-refractivity contribution is -0.155. The van der Waals surface area contributed by atoms with Gasteiger partial charge in [0.2, 0.25) is 11.8 Å². The maximum atomic E-state index is 14.3. The smallest absolute Gasteiger partial charge is 0.310 e. The van der Waals surface area contributed by atoms with Gasteiger partial charge in [0.05, 0.1) is 35.8 Å². The SMILES string of the molecule is C=CCCCCOC(=O)[C@@H]1[C@H]2C(=O)N([C@@H](CO)C(C)C)C(C(=O)N(CC=C)CCCC)C23S[C@@H]1CC3C. The van der Waals surface area contributed by atoms with Crippen molar-refractivity contribution < 1.29 is 24.2 Å². The van der Waals surface area contributed by atoms with Crippen molar-refractivity contribution in [1.82, 2.24) is 9.80 Å². The minimum Gasteiger partial charge on any atom is -0.465 e. The molecule has 0 aromatic carbocycles. The summed E-state index contributed by atoms with van der Waals surface area (Å²) in [6.45, 7) is 16.8. The molecule has 0 aromatic rings. The Morgan fingerprint density at radius 3 is 2.59 bits per heavy atom. The number of hydrogen-bond donors (Lipinski definition) is 1. The molecule has 3 heterocycles. The highest BCUT2D eigenvalue weighted by atomic mass is 32.2. The number of nitrogens with zero attached hydrogens (tertiary/aromatic N) is 2. The second kappa shape index (κ2) is 12.8. The number of amides is 2. The Balaban J connectivity index is 2.00. The monoisotopic (exact) mass is 534 g/mol. The van der Waals surface area contributed by atoms with Crippen LogP contribution in [0.5, 0.6) is 0 Å². The molecule has 3 aliphatic heterocycles. The predicted molar refractivity (Wildman–Crippen MR) is 148 cm³/mol. The van der Waals surface area contributed by atoms with E-state index in [4.69, 9.17) is 4.74 Å². The van der Waals surface area contributed by atoms with Crippen LogP contribution in [0.4, 0.5) is 0 Å². The van der Waals surface area contributed by atoms with E-state index in [2.05, 4.69) is 27.0 Å². The molecule has 3 fully saturated rings. The van der Waals surface area contributed by atoms with Gasteiger partial charge in [0.15, 0.2) is 0 Å². The first-order chi connectivity index (χ1) is 17.7. The van der Waals surface area contributed by atoms with E-state index in [0.29, 0.717) is 19.7 Å². The number of aliphatic hydroxyl groups excluding tert-OH is 1. The van der Waals surface area contributed by atoms with Crippen molar-refractivity contribution in [2.75, 3.05) is 26.3 Å². The van der Waals surface area contributed by atoms with E-state index in [0.717, 1.165) is 38.5 Å². The standard InChI is InChI=1S/C29H46N2O5S/c1-7-10-12-13-16-36-28(35)23-22-17-20(6)29(37-22)24(23)26(33)31(21(18-32)19(4)5)25(29)27(34)30(14-9-3)15-11-8-2/h7,9,19-25,32H,1,3,8,10-18H2,2,4-6H3/t20?,21-,22+,23-,24-,25?,29?/m0/s1. The molecule has 3 rings (SSSR count). The molecule has 7 nitrogen and oxygen atoms in total. The van der Waals surface area contributed by atoms with Gasteiger partial charge in [-0.3, -0.25) is 14.4 Å². The number of fused-ring (bicyclic) bond motifs is 1. The number of hydrogen-bond acceptors (Lipinski definition) is 6. The molecule has 2 bridgehead atoms. The van der Waals surface area contributed by atoms with E-state index in [1.807, 2.05) is 19.9 Å². The van der Waals surface area contributed by atoms with E-state index in [-0.39, 0.29) is 41.5 Å². The molecule has 1 spiro atoms. The van der Waals surface area contributed by atoms with Crippen molar-refractivity contribution in [3.05, 3.63) is 25.3 Å². The van der Waals surface area contributed by atoms with Crippen LogP contribution in [0, 0.1) is 23.7 Å². The number of thioether (sulfide) groups is 1. The molecule has 0 radical (unpaired) electrons. The molecular formula is C29H46N2O5S. The zero-order valence-electron chi connectivity index (χ0n) is 23.1. The predicted octanol–water partition coefficient (Wildman–Crippen LogP) is 4.05. The van der Waals surface area contributed by atoms with E-state index in [9.17, 15) is 19.5 Å². The average Bonchev–Trinajstić information content (AvgIpc) is 3.45. The minimum atomic E-state index is -0.725. The normalized spacial score (nSPS) is 30.9. The molecule has 208 valence electrons. The molecule has 37 heavy (non-hydrogen) atoms. The molecule has 3 unspecified atom stereocenters. The molecule has 0 aliphatic carbocycles. The summed E-state index contributed by atoms with van der Waals surface area (Å²) in [5.74, 6) is -1.76. The van der Waals surface area contributed by atoms with E-state index < -0.39 is 28.7 Å². The number of aliphatic hydroxyl groups is 1. The first-order valence-electron chi connectivity index (χ1n) is 14.0. The molecule has 3 aliphatic rings. The number of rotatable bonds is 15. The Hall–Kier alpha value is -1.80. The third-order valence-electron chi connectivity index (χ3n) is 8.49.